The van der Waals surface area contributed by atoms with E-state index in [1.807, 2.05) is 13.1 Å². The largest absolute Gasteiger partial charge is 0.391 e. The number of hydrogen-bond acceptors (Lipinski definition) is 1. The van der Waals surface area contributed by atoms with Gasteiger partial charge in [-0.3, -0.25) is 0 Å². The van der Waals surface area contributed by atoms with E-state index >= 15 is 0 Å². The molecule has 1 aliphatic carbocycles. The summed E-state index contributed by atoms with van der Waals surface area (Å²) in [4.78, 5) is 0. The molecular weight excluding hydrogens is 170 g/mol. The Kier molecular flexibility index (Phi) is 4.28. The van der Waals surface area contributed by atoms with Gasteiger partial charge in [0.05, 0.1) is 0 Å². The zero-order valence-electron chi connectivity index (χ0n) is 9.35. The van der Waals surface area contributed by atoms with Gasteiger partial charge in [0.1, 0.15) is 0 Å². The van der Waals surface area contributed by atoms with Crippen LogP contribution < -0.4 is 5.32 Å². The van der Waals surface area contributed by atoms with Gasteiger partial charge >= 0.3 is 0 Å². The van der Waals surface area contributed by atoms with Crippen molar-refractivity contribution in [1.82, 2.24) is 5.32 Å². The first-order chi connectivity index (χ1) is 6.77. The van der Waals surface area contributed by atoms with Crippen LogP contribution in [0.3, 0.4) is 0 Å². The van der Waals surface area contributed by atoms with Crippen molar-refractivity contribution in [1.29, 1.82) is 0 Å². The molecule has 0 bridgehead atoms. The van der Waals surface area contributed by atoms with E-state index in [2.05, 4.69) is 37.0 Å². The molecule has 0 fully saturated rings. The Bertz CT molecular complexity index is 312. The maximum atomic E-state index is 3.30. The second-order valence-electron chi connectivity index (χ2n) is 3.59. The summed E-state index contributed by atoms with van der Waals surface area (Å²) in [5.74, 6) is 0. The summed E-state index contributed by atoms with van der Waals surface area (Å²) in [5, 5.41) is 3.30. The molecule has 0 unspecified atom stereocenters. The molecule has 0 atom stereocenters. The van der Waals surface area contributed by atoms with Crippen LogP contribution in [0.4, 0.5) is 0 Å². The summed E-state index contributed by atoms with van der Waals surface area (Å²) >= 11 is 0. The normalized spacial score (nSPS) is 24.6. The van der Waals surface area contributed by atoms with Gasteiger partial charge in [-0.15, -0.1) is 5.73 Å². The van der Waals surface area contributed by atoms with Gasteiger partial charge in [-0.05, 0) is 37.0 Å². The molecule has 0 spiro atoms. The van der Waals surface area contributed by atoms with Crippen LogP contribution in [0, 0.1) is 0 Å². The Morgan fingerprint density at radius 3 is 2.93 bits per heavy atom. The molecule has 0 radical (unpaired) electrons. The van der Waals surface area contributed by atoms with E-state index in [4.69, 9.17) is 0 Å². The minimum atomic E-state index is 0.998. The van der Waals surface area contributed by atoms with Crippen LogP contribution >= 0.6 is 0 Å². The first-order valence-corrected chi connectivity index (χ1v) is 5.23. The van der Waals surface area contributed by atoms with Crippen LogP contribution in [-0.4, -0.2) is 7.05 Å². The van der Waals surface area contributed by atoms with E-state index in [0.29, 0.717) is 0 Å². The van der Waals surface area contributed by atoms with Crippen molar-refractivity contribution in [2.24, 2.45) is 0 Å². The first-order valence-electron chi connectivity index (χ1n) is 5.23. The van der Waals surface area contributed by atoms with Gasteiger partial charge in [-0.1, -0.05) is 19.1 Å². The van der Waals surface area contributed by atoms with Gasteiger partial charge in [0.25, 0.3) is 0 Å². The zero-order chi connectivity index (χ0) is 10.4. The van der Waals surface area contributed by atoms with E-state index < -0.39 is 0 Å². The fraction of sp³-hybridized carbons (Fsp3) is 0.462. The average molecular weight is 189 g/mol. The predicted octanol–water partition coefficient (Wildman–Crippen LogP) is 3.32. The molecule has 14 heavy (non-hydrogen) atoms. The van der Waals surface area contributed by atoms with Crippen LogP contribution in [-0.2, 0) is 0 Å². The lowest BCUT2D eigenvalue weighted by Crippen LogP contribution is -2.09. The molecule has 0 saturated carbocycles. The minimum Gasteiger partial charge on any atom is -0.391 e. The molecule has 1 N–H and O–H groups in total. The Labute approximate surface area is 86.9 Å². The van der Waals surface area contributed by atoms with Crippen molar-refractivity contribution in [3.05, 3.63) is 40.8 Å². The second kappa shape index (κ2) is 5.51. The molecule has 0 aromatic carbocycles. The fourth-order valence-corrected chi connectivity index (χ4v) is 1.66. The highest BCUT2D eigenvalue weighted by atomic mass is 14.8. The summed E-state index contributed by atoms with van der Waals surface area (Å²) in [5.41, 5.74) is 7.41. The molecule has 1 rings (SSSR count). The fourth-order valence-electron chi connectivity index (χ4n) is 1.66. The van der Waals surface area contributed by atoms with Crippen molar-refractivity contribution in [3.8, 4) is 0 Å². The molecule has 0 saturated heterocycles. The van der Waals surface area contributed by atoms with Crippen molar-refractivity contribution >= 4 is 0 Å². The topological polar surface area (TPSA) is 12.0 Å². The van der Waals surface area contributed by atoms with E-state index in [1.54, 1.807) is 0 Å². The molecule has 0 aromatic heterocycles. The quantitative estimate of drug-likeness (QED) is 0.657. The second-order valence-corrected chi connectivity index (χ2v) is 3.59. The summed E-state index contributed by atoms with van der Waals surface area (Å²) in [7, 11) is 2.00. The Morgan fingerprint density at radius 1 is 1.50 bits per heavy atom. The van der Waals surface area contributed by atoms with Crippen LogP contribution in [0.15, 0.2) is 40.8 Å². The Balaban J connectivity index is 3.00. The van der Waals surface area contributed by atoms with Crippen molar-refractivity contribution in [3.63, 3.8) is 0 Å². The summed E-state index contributed by atoms with van der Waals surface area (Å²) in [6.07, 6.45) is 9.45. The SMILES string of the molecule is CC/C1=C(\NC)CC(C)=C=C/C=C\C1. The van der Waals surface area contributed by atoms with Gasteiger partial charge in [0.2, 0.25) is 0 Å². The minimum absolute atomic E-state index is 0.998. The molecule has 0 heterocycles. The first kappa shape index (κ1) is 10.9. The molecule has 0 amide bonds. The molecule has 1 nitrogen and oxygen atoms in total. The maximum absolute atomic E-state index is 3.30. The smallest absolute Gasteiger partial charge is 0.0154 e. The third-order valence-corrected chi connectivity index (χ3v) is 2.52. The van der Waals surface area contributed by atoms with Crippen molar-refractivity contribution in [2.75, 3.05) is 7.05 Å². The van der Waals surface area contributed by atoms with Crippen LogP contribution in [0.5, 0.6) is 0 Å². The number of hydrogen-bond donors (Lipinski definition) is 1. The van der Waals surface area contributed by atoms with E-state index in [0.717, 1.165) is 19.3 Å². The predicted molar refractivity (Wildman–Crippen MR) is 62.0 cm³/mol. The lowest BCUT2D eigenvalue weighted by Gasteiger charge is -2.12. The third-order valence-electron chi connectivity index (χ3n) is 2.52. The Hall–Kier alpha value is -1.20. The summed E-state index contributed by atoms with van der Waals surface area (Å²) in [6.45, 7) is 4.34. The van der Waals surface area contributed by atoms with E-state index in [-0.39, 0.29) is 0 Å². The summed E-state index contributed by atoms with van der Waals surface area (Å²) < 4.78 is 0. The van der Waals surface area contributed by atoms with Crippen molar-refractivity contribution < 1.29 is 0 Å². The van der Waals surface area contributed by atoms with Gasteiger partial charge < -0.3 is 5.32 Å². The number of rotatable bonds is 2. The van der Waals surface area contributed by atoms with E-state index in [9.17, 15) is 0 Å². The van der Waals surface area contributed by atoms with Crippen LogP contribution in [0.25, 0.3) is 0 Å². The highest BCUT2D eigenvalue weighted by Gasteiger charge is 2.03. The van der Waals surface area contributed by atoms with Crippen LogP contribution in [0.1, 0.15) is 33.1 Å². The lowest BCUT2D eigenvalue weighted by molar-refractivity contribution is 0.845. The highest BCUT2D eigenvalue weighted by Crippen LogP contribution is 2.18. The van der Waals surface area contributed by atoms with Gasteiger partial charge in [-0.2, -0.15) is 0 Å². The molecule has 1 aliphatic rings. The maximum Gasteiger partial charge on any atom is 0.0154 e. The average Bonchev–Trinajstić information content (AvgIpc) is 2.28. The van der Waals surface area contributed by atoms with Gasteiger partial charge in [-0.25, -0.2) is 0 Å². The summed E-state index contributed by atoms with van der Waals surface area (Å²) in [6, 6.07) is 0. The third kappa shape index (κ3) is 2.93. The number of allylic oxidation sites excluding steroid dienone is 4. The van der Waals surface area contributed by atoms with E-state index in [1.165, 1.54) is 16.8 Å². The lowest BCUT2D eigenvalue weighted by atomic mass is 10.0. The highest BCUT2D eigenvalue weighted by molar-refractivity contribution is 5.24. The molecule has 0 aromatic rings. The molecule has 76 valence electrons. The van der Waals surface area contributed by atoms with Gasteiger partial charge in [0.15, 0.2) is 0 Å². The molecular formula is C13H19N. The van der Waals surface area contributed by atoms with Crippen LogP contribution in [0.2, 0.25) is 0 Å². The van der Waals surface area contributed by atoms with Crippen molar-refractivity contribution in [2.45, 2.75) is 33.1 Å². The zero-order valence-corrected chi connectivity index (χ0v) is 9.35. The monoisotopic (exact) mass is 189 g/mol. The number of nitrogens with one attached hydrogen (secondary N) is 1. The standard InChI is InChI=1S/C13H19N/c1-4-12-9-7-5-6-8-11(2)10-13(12)14-3/h5-7,14H,4,9-10H2,1-3H3/b7-5-,13-12+. The Morgan fingerprint density at radius 2 is 2.29 bits per heavy atom. The van der Waals surface area contributed by atoms with Gasteiger partial charge in [0, 0.05) is 19.2 Å². The molecule has 0 aliphatic heterocycles. The molecule has 1 heteroatoms.